The number of carboxylic acid groups (broad SMARTS) is 1. The number of carbonyl (C=O) groups excluding carboxylic acids is 2. The number of benzene rings is 1. The first-order chi connectivity index (χ1) is 12.0. The van der Waals surface area contributed by atoms with Crippen molar-refractivity contribution in [2.45, 2.75) is 12.8 Å². The fourth-order valence-electron chi connectivity index (χ4n) is 2.92. The number of rotatable bonds is 4. The predicted molar refractivity (Wildman–Crippen MR) is 91.9 cm³/mol. The number of hydrogen-bond donors (Lipinski definition) is 1. The van der Waals surface area contributed by atoms with Crippen molar-refractivity contribution in [3.05, 3.63) is 23.8 Å². The predicted octanol–water partition coefficient (Wildman–Crippen LogP) is 1.81. The monoisotopic (exact) mass is 362 g/mol. The quantitative estimate of drug-likeness (QED) is 0.896. The van der Waals surface area contributed by atoms with Crippen molar-refractivity contribution in [2.24, 2.45) is 14.6 Å². The fourth-order valence-corrected chi connectivity index (χ4v) is 3.43. The molecular formula is C16H18N4O4S. The molecule has 0 spiro atoms. The van der Waals surface area contributed by atoms with Crippen LogP contribution in [0.1, 0.15) is 23.2 Å². The molecule has 9 heteroatoms. The Balaban J connectivity index is 1.62. The van der Waals surface area contributed by atoms with E-state index in [1.54, 1.807) is 25.2 Å². The smallest absolute Gasteiger partial charge is 0.308 e. The van der Waals surface area contributed by atoms with Crippen LogP contribution >= 0.6 is 0 Å². The molecule has 132 valence electrons. The van der Waals surface area contributed by atoms with Gasteiger partial charge in [0.05, 0.1) is 23.8 Å². The third-order valence-electron chi connectivity index (χ3n) is 4.34. The molecule has 0 radical (unpaired) electrons. The first-order valence-corrected chi connectivity index (χ1v) is 8.67. The van der Waals surface area contributed by atoms with Gasteiger partial charge in [0.1, 0.15) is 11.4 Å². The number of carbonyl (C=O) groups is 3. The highest BCUT2D eigenvalue weighted by atomic mass is 32.1. The molecule has 0 aliphatic carbocycles. The van der Waals surface area contributed by atoms with Crippen molar-refractivity contribution in [3.63, 3.8) is 0 Å². The van der Waals surface area contributed by atoms with E-state index < -0.39 is 11.9 Å². The first kappa shape index (κ1) is 17.3. The molecule has 1 fully saturated rings. The van der Waals surface area contributed by atoms with E-state index in [1.807, 2.05) is 0 Å². The summed E-state index contributed by atoms with van der Waals surface area (Å²) in [6.07, 6.45) is 1.24. The second-order valence-corrected chi connectivity index (χ2v) is 6.67. The van der Waals surface area contributed by atoms with Gasteiger partial charge in [0.25, 0.3) is 5.91 Å². The standard InChI is InChI=1S/C16H18N4O4S/c1-19(9-14(21)20-6-2-3-11(8-20)16(23)24)15(22)10-4-5-12-13(7-10)18-25-17-12/h4-5,7,11H,2-3,6,8-9H2,1H3,(H,23,24). The lowest BCUT2D eigenvalue weighted by molar-refractivity contribution is -0.145. The van der Waals surface area contributed by atoms with Gasteiger partial charge in [-0.1, -0.05) is 0 Å². The summed E-state index contributed by atoms with van der Waals surface area (Å²) in [6.45, 7) is 0.645. The molecule has 0 aromatic heterocycles. The Kier molecular flexibility index (Phi) is 4.93. The average Bonchev–Trinajstić information content (AvgIpc) is 3.08. The van der Waals surface area contributed by atoms with Crippen LogP contribution in [0, 0.1) is 5.92 Å². The lowest BCUT2D eigenvalue weighted by Gasteiger charge is -2.32. The Morgan fingerprint density at radius 2 is 2.08 bits per heavy atom. The summed E-state index contributed by atoms with van der Waals surface area (Å²) in [5.41, 5.74) is 1.82. The number of likely N-dealkylation sites (tertiary alicyclic amines) is 1. The molecule has 0 bridgehead atoms. The maximum atomic E-state index is 12.5. The van der Waals surface area contributed by atoms with Gasteiger partial charge >= 0.3 is 5.97 Å². The number of likely N-dealkylation sites (N-methyl/N-ethyl adjacent to an activating group) is 1. The van der Waals surface area contributed by atoms with Crippen molar-refractivity contribution >= 4 is 40.5 Å². The van der Waals surface area contributed by atoms with Gasteiger partial charge in [-0.2, -0.15) is 8.73 Å². The van der Waals surface area contributed by atoms with Gasteiger partial charge < -0.3 is 14.9 Å². The SMILES string of the molecule is CN(CC(=O)N1CCCC(C(=O)O)C1)C(=O)c1ccc2c(c1)N=S=N2. The van der Waals surface area contributed by atoms with E-state index in [4.69, 9.17) is 5.11 Å². The molecule has 2 aliphatic heterocycles. The van der Waals surface area contributed by atoms with Crippen molar-refractivity contribution < 1.29 is 19.5 Å². The normalized spacial score (nSPS) is 18.4. The topological polar surface area (TPSA) is 103 Å². The number of carboxylic acids is 1. The van der Waals surface area contributed by atoms with Crippen LogP contribution in [0.2, 0.25) is 0 Å². The molecule has 2 amide bonds. The summed E-state index contributed by atoms with van der Waals surface area (Å²) >= 11 is 1.08. The zero-order valence-corrected chi connectivity index (χ0v) is 14.5. The van der Waals surface area contributed by atoms with Crippen molar-refractivity contribution in [1.82, 2.24) is 9.80 Å². The van der Waals surface area contributed by atoms with E-state index in [-0.39, 0.29) is 24.9 Å². The number of nitrogens with zero attached hydrogens (tertiary/aromatic N) is 4. The van der Waals surface area contributed by atoms with E-state index in [1.165, 1.54) is 9.80 Å². The molecule has 3 rings (SSSR count). The Morgan fingerprint density at radius 3 is 2.84 bits per heavy atom. The second-order valence-electron chi connectivity index (χ2n) is 6.15. The van der Waals surface area contributed by atoms with Crippen LogP contribution in [0.5, 0.6) is 0 Å². The van der Waals surface area contributed by atoms with Gasteiger partial charge in [0, 0.05) is 25.7 Å². The summed E-state index contributed by atoms with van der Waals surface area (Å²) in [4.78, 5) is 38.9. The van der Waals surface area contributed by atoms with Crippen LogP contribution in [-0.2, 0) is 20.9 Å². The molecule has 8 nitrogen and oxygen atoms in total. The van der Waals surface area contributed by atoms with Crippen LogP contribution in [0.15, 0.2) is 26.9 Å². The Labute approximate surface area is 148 Å². The largest absolute Gasteiger partial charge is 0.481 e. The lowest BCUT2D eigenvalue weighted by atomic mass is 9.98. The molecule has 25 heavy (non-hydrogen) atoms. The number of aliphatic carboxylic acids is 1. The van der Waals surface area contributed by atoms with Gasteiger partial charge in [-0.05, 0) is 31.0 Å². The minimum absolute atomic E-state index is 0.0848. The zero-order chi connectivity index (χ0) is 18.0. The fraction of sp³-hybridized carbons (Fsp3) is 0.438. The molecule has 0 saturated carbocycles. The summed E-state index contributed by atoms with van der Waals surface area (Å²) in [7, 11) is 1.56. The number of fused-ring (bicyclic) bond motifs is 1. The van der Waals surface area contributed by atoms with E-state index in [0.29, 0.717) is 30.6 Å². The maximum Gasteiger partial charge on any atom is 0.308 e. The Morgan fingerprint density at radius 1 is 1.32 bits per heavy atom. The van der Waals surface area contributed by atoms with Crippen LogP contribution < -0.4 is 0 Å². The Hall–Kier alpha value is -2.55. The van der Waals surface area contributed by atoms with Crippen molar-refractivity contribution in [1.29, 1.82) is 0 Å². The molecule has 2 aliphatic rings. The molecule has 2 heterocycles. The molecule has 1 unspecified atom stereocenters. The van der Waals surface area contributed by atoms with Gasteiger partial charge in [0.2, 0.25) is 5.91 Å². The zero-order valence-electron chi connectivity index (χ0n) is 13.7. The third kappa shape index (κ3) is 3.76. The van der Waals surface area contributed by atoms with Gasteiger partial charge in [-0.25, -0.2) is 0 Å². The number of piperidine rings is 1. The minimum atomic E-state index is -0.882. The van der Waals surface area contributed by atoms with Gasteiger partial charge in [-0.3, -0.25) is 14.4 Å². The van der Waals surface area contributed by atoms with E-state index in [0.717, 1.165) is 17.0 Å². The first-order valence-electron chi connectivity index (χ1n) is 7.94. The highest BCUT2D eigenvalue weighted by Gasteiger charge is 2.29. The maximum absolute atomic E-state index is 12.5. The second kappa shape index (κ2) is 7.14. The number of amides is 2. The molecule has 1 aromatic rings. The Bertz CT molecular complexity index is 803. The number of hydrogen-bond acceptors (Lipinski definition) is 5. The van der Waals surface area contributed by atoms with Crippen LogP contribution in [0.25, 0.3) is 0 Å². The molecule has 1 atom stereocenters. The minimum Gasteiger partial charge on any atom is -0.481 e. The summed E-state index contributed by atoms with van der Waals surface area (Å²) in [6, 6.07) is 5.04. The highest BCUT2D eigenvalue weighted by Crippen LogP contribution is 2.32. The third-order valence-corrected chi connectivity index (χ3v) is 4.90. The summed E-state index contributed by atoms with van der Waals surface area (Å²) in [5.74, 6) is -1.93. The molecule has 1 N–H and O–H groups in total. The van der Waals surface area contributed by atoms with Crippen molar-refractivity contribution in [2.75, 3.05) is 26.7 Å². The highest BCUT2D eigenvalue weighted by molar-refractivity contribution is 7.58. The van der Waals surface area contributed by atoms with Gasteiger partial charge in [-0.15, -0.1) is 0 Å². The van der Waals surface area contributed by atoms with E-state index in [9.17, 15) is 14.4 Å². The average molecular weight is 362 g/mol. The molecular weight excluding hydrogens is 344 g/mol. The van der Waals surface area contributed by atoms with E-state index in [2.05, 4.69) is 8.73 Å². The van der Waals surface area contributed by atoms with E-state index >= 15 is 0 Å². The summed E-state index contributed by atoms with van der Waals surface area (Å²) < 4.78 is 8.20. The summed E-state index contributed by atoms with van der Waals surface area (Å²) in [5, 5.41) is 9.11. The van der Waals surface area contributed by atoms with Crippen molar-refractivity contribution in [3.8, 4) is 0 Å². The van der Waals surface area contributed by atoms with Crippen LogP contribution in [-0.4, -0.2) is 59.4 Å². The van der Waals surface area contributed by atoms with Crippen LogP contribution in [0.3, 0.4) is 0 Å². The lowest BCUT2D eigenvalue weighted by Crippen LogP contribution is -2.46. The molecule has 1 saturated heterocycles. The van der Waals surface area contributed by atoms with Crippen LogP contribution in [0.4, 0.5) is 11.4 Å². The van der Waals surface area contributed by atoms with Gasteiger partial charge in [0.15, 0.2) is 0 Å². The molecule has 1 aromatic carbocycles.